The number of nitrogens with two attached hydrogens (primary N) is 1. The zero-order chi connectivity index (χ0) is 34.0. The molecule has 0 spiro atoms. The molecule has 0 atom stereocenters. The number of hydrogen-bond acceptors (Lipinski definition) is 11. The predicted octanol–water partition coefficient (Wildman–Crippen LogP) is 4.27. The van der Waals surface area contributed by atoms with E-state index in [1.54, 1.807) is 38.2 Å². The quantitative estimate of drug-likeness (QED) is 0.122. The molecule has 15 heteroatoms. The Morgan fingerprint density at radius 1 is 0.957 bits per heavy atom. The van der Waals surface area contributed by atoms with Crippen LogP contribution in [0.4, 0.5) is 10.6 Å². The lowest BCUT2D eigenvalue weighted by atomic mass is 10.3. The van der Waals surface area contributed by atoms with Crippen LogP contribution in [0.2, 0.25) is 0 Å². The van der Waals surface area contributed by atoms with Crippen molar-refractivity contribution in [3.63, 3.8) is 0 Å². The Kier molecular flexibility index (Phi) is 13.5. The van der Waals surface area contributed by atoms with Crippen molar-refractivity contribution in [2.75, 3.05) is 11.9 Å². The number of aromatic nitrogens is 6. The molecular formula is C32H32N10O5. The molecule has 15 nitrogen and oxygen atoms in total. The van der Waals surface area contributed by atoms with E-state index in [1.807, 2.05) is 78.2 Å². The van der Waals surface area contributed by atoms with Crippen LogP contribution in [0.15, 0.2) is 102 Å². The van der Waals surface area contributed by atoms with Crippen LogP contribution in [0, 0.1) is 18.3 Å². The highest BCUT2D eigenvalue weighted by Crippen LogP contribution is 2.19. The molecule has 4 aromatic heterocycles. The van der Waals surface area contributed by atoms with E-state index < -0.39 is 6.09 Å². The van der Waals surface area contributed by atoms with E-state index in [2.05, 4.69) is 40.9 Å². The lowest BCUT2D eigenvalue weighted by Crippen LogP contribution is -2.26. The molecule has 4 heterocycles. The third-order valence-corrected chi connectivity index (χ3v) is 5.53. The van der Waals surface area contributed by atoms with E-state index in [-0.39, 0.29) is 24.0 Å². The van der Waals surface area contributed by atoms with Gasteiger partial charge >= 0.3 is 11.8 Å². The number of nitriles is 1. The van der Waals surface area contributed by atoms with Gasteiger partial charge in [-0.25, -0.2) is 30.4 Å². The molecule has 0 aliphatic carbocycles. The number of aromatic amines is 1. The number of carbonyl (C=O) groups excluding carboxylic acids is 2. The molecule has 0 saturated carbocycles. The second-order valence-electron chi connectivity index (χ2n) is 9.01. The molecule has 2 aromatic carbocycles. The number of hydrazine groups is 1. The van der Waals surface area contributed by atoms with Gasteiger partial charge in [-0.15, -0.1) is 5.10 Å². The van der Waals surface area contributed by atoms with Crippen LogP contribution < -0.4 is 27.0 Å². The molecule has 0 radical (unpaired) electrons. The molecular weight excluding hydrogens is 604 g/mol. The van der Waals surface area contributed by atoms with Crippen LogP contribution in [0.3, 0.4) is 0 Å². The van der Waals surface area contributed by atoms with Gasteiger partial charge in [0.15, 0.2) is 11.5 Å². The molecule has 0 fully saturated rings. The van der Waals surface area contributed by atoms with Gasteiger partial charge in [0, 0.05) is 19.3 Å². The zero-order valence-electron chi connectivity index (χ0n) is 25.7. The largest absolute Gasteiger partial charge is 0.457 e. The summed E-state index contributed by atoms with van der Waals surface area (Å²) in [7, 11) is 0. The first-order valence-corrected chi connectivity index (χ1v) is 14.0. The maximum atomic E-state index is 11.6. The SMILES string of the molecule is CC(=O)NN.CCOC(=O)Nc1ncccc1C#N.Cc1nc2c3cccnc3[nH]c(=O)n2n1.c1ccc(Oc2ccccc2)cc1. The Bertz CT molecular complexity index is 1950. The Morgan fingerprint density at radius 3 is 2.13 bits per heavy atom. The summed E-state index contributed by atoms with van der Waals surface area (Å²) in [5.41, 5.74) is 2.94. The lowest BCUT2D eigenvalue weighted by Gasteiger charge is -2.04. The Labute approximate surface area is 269 Å². The van der Waals surface area contributed by atoms with E-state index in [0.29, 0.717) is 22.7 Å². The van der Waals surface area contributed by atoms with E-state index in [9.17, 15) is 14.4 Å². The summed E-state index contributed by atoms with van der Waals surface area (Å²) in [5, 5.41) is 15.8. The fourth-order valence-corrected chi connectivity index (χ4v) is 3.54. The number of para-hydroxylation sites is 2. The van der Waals surface area contributed by atoms with Crippen molar-refractivity contribution < 1.29 is 19.1 Å². The van der Waals surface area contributed by atoms with Crippen molar-refractivity contribution in [3.05, 3.63) is 119 Å². The summed E-state index contributed by atoms with van der Waals surface area (Å²) < 4.78 is 11.5. The zero-order valence-corrected chi connectivity index (χ0v) is 25.7. The molecule has 2 amide bonds. The highest BCUT2D eigenvalue weighted by molar-refractivity contribution is 5.88. The second-order valence-corrected chi connectivity index (χ2v) is 9.01. The number of fused-ring (bicyclic) bond motifs is 3. The third kappa shape index (κ3) is 11.1. The Hall–Kier alpha value is -6.66. The minimum atomic E-state index is -0.609. The first-order chi connectivity index (χ1) is 22.7. The summed E-state index contributed by atoms with van der Waals surface area (Å²) in [6, 6.07) is 28.3. The molecule has 240 valence electrons. The Morgan fingerprint density at radius 2 is 1.55 bits per heavy atom. The van der Waals surface area contributed by atoms with Crippen molar-refractivity contribution in [3.8, 4) is 17.6 Å². The standard InChI is InChI=1S/C12H10O.C9H7N5O.C9H9N3O2.C2H6N2O/c1-3-7-11(8-4-1)13-12-9-5-2-6-10-12;1-5-11-8-6-3-2-4-10-7(6)12-9(15)14(8)13-5;1-2-14-9(13)12-8-7(6-10)4-3-5-11-8;1-2(5)4-3/h1-10H;2-4H,1H3,(H,10,12,15);3-5H,2H2,1H3,(H,11,12,13);3H2,1H3,(H,4,5). The fraction of sp³-hybridized carbons (Fsp3) is 0.125. The molecule has 0 aliphatic rings. The summed E-state index contributed by atoms with van der Waals surface area (Å²) >= 11 is 0. The van der Waals surface area contributed by atoms with Crippen LogP contribution in [0.1, 0.15) is 25.2 Å². The van der Waals surface area contributed by atoms with Crippen LogP contribution in [-0.2, 0) is 9.53 Å². The number of anilines is 1. The average Bonchev–Trinajstić information content (AvgIpc) is 3.49. The highest BCUT2D eigenvalue weighted by atomic mass is 16.5. The molecule has 5 N–H and O–H groups in total. The Balaban J connectivity index is 0.000000179. The van der Waals surface area contributed by atoms with Crippen molar-refractivity contribution >= 4 is 34.5 Å². The highest BCUT2D eigenvalue weighted by Gasteiger charge is 2.08. The van der Waals surface area contributed by atoms with Crippen LogP contribution in [0.5, 0.6) is 11.5 Å². The number of pyridine rings is 2. The van der Waals surface area contributed by atoms with Gasteiger partial charge in [0.2, 0.25) is 5.91 Å². The molecule has 47 heavy (non-hydrogen) atoms. The molecule has 0 saturated heterocycles. The van der Waals surface area contributed by atoms with Crippen LogP contribution in [-0.4, -0.2) is 48.2 Å². The molecule has 6 rings (SSSR count). The van der Waals surface area contributed by atoms with Crippen LogP contribution in [0.25, 0.3) is 16.7 Å². The van der Waals surface area contributed by atoms with Crippen molar-refractivity contribution in [2.45, 2.75) is 20.8 Å². The normalized spacial score (nSPS) is 9.60. The number of H-pyrrole nitrogens is 1. The summed E-state index contributed by atoms with van der Waals surface area (Å²) in [6.07, 6.45) is 2.50. The van der Waals surface area contributed by atoms with Gasteiger partial charge < -0.3 is 9.47 Å². The number of nitrogens with zero attached hydrogens (tertiary/aromatic N) is 6. The predicted molar refractivity (Wildman–Crippen MR) is 174 cm³/mol. The maximum Gasteiger partial charge on any atom is 0.412 e. The number of benzene rings is 2. The number of carbonyl (C=O) groups is 2. The maximum absolute atomic E-state index is 11.6. The molecule has 6 aromatic rings. The van der Waals surface area contributed by atoms with Crippen molar-refractivity contribution in [1.29, 1.82) is 5.26 Å². The summed E-state index contributed by atoms with van der Waals surface area (Å²) in [4.78, 5) is 46.9. The topological polar surface area (TPSA) is 215 Å². The first-order valence-electron chi connectivity index (χ1n) is 14.0. The lowest BCUT2D eigenvalue weighted by molar-refractivity contribution is -0.119. The fourth-order valence-electron chi connectivity index (χ4n) is 3.54. The first kappa shape index (κ1) is 34.8. The average molecular weight is 637 g/mol. The minimum Gasteiger partial charge on any atom is -0.457 e. The molecule has 0 bridgehead atoms. The van der Waals surface area contributed by atoms with Crippen molar-refractivity contribution in [1.82, 2.24) is 35.0 Å². The van der Waals surface area contributed by atoms with E-state index in [0.717, 1.165) is 16.9 Å². The molecule has 0 aliphatic heterocycles. The van der Waals surface area contributed by atoms with Gasteiger partial charge in [-0.2, -0.15) is 9.78 Å². The van der Waals surface area contributed by atoms with Gasteiger partial charge in [-0.05, 0) is 62.4 Å². The number of nitrogens with one attached hydrogen (secondary N) is 3. The van der Waals surface area contributed by atoms with E-state index in [1.165, 1.54) is 17.6 Å². The number of amides is 2. The van der Waals surface area contributed by atoms with E-state index in [4.69, 9.17) is 10.00 Å². The van der Waals surface area contributed by atoms with Crippen LogP contribution >= 0.6 is 0 Å². The van der Waals surface area contributed by atoms with Crippen molar-refractivity contribution in [2.24, 2.45) is 5.84 Å². The summed E-state index contributed by atoms with van der Waals surface area (Å²) in [5.74, 6) is 6.88. The second kappa shape index (κ2) is 18.2. The molecule has 0 unspecified atom stereocenters. The van der Waals surface area contributed by atoms with E-state index >= 15 is 0 Å². The van der Waals surface area contributed by atoms with Gasteiger partial charge in [0.25, 0.3) is 0 Å². The monoisotopic (exact) mass is 636 g/mol. The minimum absolute atomic E-state index is 0.216. The number of hydrogen-bond donors (Lipinski definition) is 4. The van der Waals surface area contributed by atoms with Gasteiger partial charge in [0.1, 0.15) is 29.0 Å². The smallest absolute Gasteiger partial charge is 0.412 e. The number of rotatable bonds is 4. The third-order valence-electron chi connectivity index (χ3n) is 5.53. The van der Waals surface area contributed by atoms with Gasteiger partial charge in [-0.1, -0.05) is 36.4 Å². The summed E-state index contributed by atoms with van der Waals surface area (Å²) in [6.45, 7) is 5.07. The van der Waals surface area contributed by atoms with Gasteiger partial charge in [-0.3, -0.25) is 20.5 Å². The van der Waals surface area contributed by atoms with Gasteiger partial charge in [0.05, 0.1) is 17.6 Å². The number of ether oxygens (including phenoxy) is 2. The number of aryl methyl sites for hydroxylation is 1.